The smallest absolute Gasteiger partial charge is 0.167 e. The Kier molecular flexibility index (Phi) is 4.48. The minimum atomic E-state index is 0.0636. The highest BCUT2D eigenvalue weighted by molar-refractivity contribution is 6.09. The van der Waals surface area contributed by atoms with Gasteiger partial charge in [-0.3, -0.25) is 4.79 Å². The first kappa shape index (κ1) is 14.6. The van der Waals surface area contributed by atoms with Crippen molar-refractivity contribution in [2.45, 2.75) is 46.6 Å². The second kappa shape index (κ2) is 6.12. The van der Waals surface area contributed by atoms with Crippen LogP contribution < -0.4 is 4.74 Å². The molecular formula is C17H23NO2. The number of carbonyl (C=O) groups excluding carboxylic acids is 1. The predicted molar refractivity (Wildman–Crippen MR) is 82.5 cm³/mol. The molecule has 0 aliphatic rings. The predicted octanol–water partition coefficient (Wildman–Crippen LogP) is 4.57. The Balaban J connectivity index is 2.36. The van der Waals surface area contributed by atoms with E-state index in [1.807, 2.05) is 45.2 Å². The number of H-pyrrole nitrogens is 1. The Hall–Kier alpha value is -1.77. The monoisotopic (exact) mass is 273 g/mol. The van der Waals surface area contributed by atoms with Crippen molar-refractivity contribution < 1.29 is 9.53 Å². The Morgan fingerprint density at radius 1 is 1.30 bits per heavy atom. The molecule has 3 heteroatoms. The fraction of sp³-hybridized carbons (Fsp3) is 0.471. The average molecular weight is 273 g/mol. The minimum Gasteiger partial charge on any atom is -0.491 e. The molecular weight excluding hydrogens is 250 g/mol. The molecule has 0 radical (unpaired) electrons. The summed E-state index contributed by atoms with van der Waals surface area (Å²) in [7, 11) is 0. The first-order chi connectivity index (χ1) is 9.52. The molecule has 0 amide bonds. The molecule has 0 saturated carbocycles. The third kappa shape index (κ3) is 3.03. The van der Waals surface area contributed by atoms with Gasteiger partial charge in [-0.15, -0.1) is 0 Å². The van der Waals surface area contributed by atoms with Crippen molar-refractivity contribution in [2.24, 2.45) is 5.92 Å². The van der Waals surface area contributed by atoms with Crippen LogP contribution in [-0.2, 0) is 0 Å². The van der Waals surface area contributed by atoms with Crippen molar-refractivity contribution >= 4 is 16.7 Å². The maximum atomic E-state index is 12.5. The summed E-state index contributed by atoms with van der Waals surface area (Å²) in [5, 5.41) is 0.955. The number of hydrogen-bond donors (Lipinski definition) is 1. The van der Waals surface area contributed by atoms with Gasteiger partial charge >= 0.3 is 0 Å². The topological polar surface area (TPSA) is 42.1 Å². The maximum absolute atomic E-state index is 12.5. The minimum absolute atomic E-state index is 0.0636. The van der Waals surface area contributed by atoms with Gasteiger partial charge in [0.1, 0.15) is 5.75 Å². The van der Waals surface area contributed by atoms with E-state index < -0.39 is 0 Å². The number of rotatable bonds is 6. The molecule has 2 aromatic rings. The normalized spacial score (nSPS) is 12.8. The van der Waals surface area contributed by atoms with Gasteiger partial charge in [-0.25, -0.2) is 0 Å². The number of benzene rings is 1. The highest BCUT2D eigenvalue weighted by atomic mass is 16.5. The van der Waals surface area contributed by atoms with Gasteiger partial charge < -0.3 is 9.72 Å². The van der Waals surface area contributed by atoms with E-state index in [0.29, 0.717) is 0 Å². The van der Waals surface area contributed by atoms with Crippen molar-refractivity contribution in [3.05, 3.63) is 30.0 Å². The van der Waals surface area contributed by atoms with Gasteiger partial charge in [-0.2, -0.15) is 0 Å². The summed E-state index contributed by atoms with van der Waals surface area (Å²) in [5.41, 5.74) is 1.75. The standard InChI is InChI=1S/C17H23NO2/c1-5-6-12(4)17(19)15-10-18-16-8-7-13(9-14(15)16)20-11(2)3/h7-12,18H,5-6H2,1-4H3. The van der Waals surface area contributed by atoms with E-state index in [1.165, 1.54) is 0 Å². The van der Waals surface area contributed by atoms with E-state index in [2.05, 4.69) is 11.9 Å². The molecule has 1 unspecified atom stereocenters. The zero-order valence-electron chi connectivity index (χ0n) is 12.7. The zero-order chi connectivity index (χ0) is 14.7. The van der Waals surface area contributed by atoms with Gasteiger partial charge in [-0.05, 0) is 38.5 Å². The Morgan fingerprint density at radius 3 is 2.70 bits per heavy atom. The van der Waals surface area contributed by atoms with Crippen LogP contribution in [0.2, 0.25) is 0 Å². The number of aromatic amines is 1. The lowest BCUT2D eigenvalue weighted by atomic mass is 9.95. The van der Waals surface area contributed by atoms with Crippen molar-refractivity contribution in [3.8, 4) is 5.75 Å². The van der Waals surface area contributed by atoms with Crippen LogP contribution in [-0.4, -0.2) is 16.9 Å². The molecule has 1 heterocycles. The summed E-state index contributed by atoms with van der Waals surface area (Å²) in [6.07, 6.45) is 3.90. The molecule has 108 valence electrons. The first-order valence-corrected chi connectivity index (χ1v) is 7.35. The molecule has 0 aliphatic heterocycles. The number of Topliss-reactive ketones (excluding diaryl/α,β-unsaturated/α-hetero) is 1. The molecule has 1 N–H and O–H groups in total. The molecule has 0 spiro atoms. The van der Waals surface area contributed by atoms with Gasteiger partial charge in [-0.1, -0.05) is 20.3 Å². The second-order valence-electron chi connectivity index (χ2n) is 5.63. The Labute approximate surface area is 120 Å². The van der Waals surface area contributed by atoms with Crippen LogP contribution in [0.4, 0.5) is 0 Å². The maximum Gasteiger partial charge on any atom is 0.167 e. The van der Waals surface area contributed by atoms with Gasteiger partial charge in [0, 0.05) is 28.6 Å². The van der Waals surface area contributed by atoms with Crippen molar-refractivity contribution in [1.82, 2.24) is 4.98 Å². The van der Waals surface area contributed by atoms with Crippen LogP contribution in [0.1, 0.15) is 50.9 Å². The second-order valence-corrected chi connectivity index (χ2v) is 5.63. The number of carbonyl (C=O) groups is 1. The fourth-order valence-corrected chi connectivity index (χ4v) is 2.48. The number of aromatic nitrogens is 1. The zero-order valence-corrected chi connectivity index (χ0v) is 12.7. The lowest BCUT2D eigenvalue weighted by Crippen LogP contribution is -2.10. The molecule has 0 fully saturated rings. The molecule has 2 rings (SSSR count). The van der Waals surface area contributed by atoms with Crippen LogP contribution in [0.15, 0.2) is 24.4 Å². The van der Waals surface area contributed by atoms with Gasteiger partial charge in [0.15, 0.2) is 5.78 Å². The van der Waals surface area contributed by atoms with E-state index >= 15 is 0 Å². The summed E-state index contributed by atoms with van der Waals surface area (Å²) in [4.78, 5) is 15.7. The van der Waals surface area contributed by atoms with Gasteiger partial charge in [0.05, 0.1) is 6.10 Å². The van der Waals surface area contributed by atoms with Gasteiger partial charge in [0.2, 0.25) is 0 Å². The van der Waals surface area contributed by atoms with Crippen LogP contribution >= 0.6 is 0 Å². The van der Waals surface area contributed by atoms with Crippen LogP contribution in [0.3, 0.4) is 0 Å². The molecule has 1 atom stereocenters. The largest absolute Gasteiger partial charge is 0.491 e. The van der Waals surface area contributed by atoms with Crippen LogP contribution in [0, 0.1) is 5.92 Å². The summed E-state index contributed by atoms with van der Waals surface area (Å²) in [6.45, 7) is 8.10. The SMILES string of the molecule is CCCC(C)C(=O)c1c[nH]c2ccc(OC(C)C)cc12. The summed E-state index contributed by atoms with van der Waals surface area (Å²) in [5.74, 6) is 1.08. The van der Waals surface area contributed by atoms with Crippen LogP contribution in [0.25, 0.3) is 10.9 Å². The van der Waals surface area contributed by atoms with E-state index in [0.717, 1.165) is 35.1 Å². The molecule has 0 saturated heterocycles. The average Bonchev–Trinajstić information content (AvgIpc) is 2.80. The van der Waals surface area contributed by atoms with E-state index in [4.69, 9.17) is 4.74 Å². The third-order valence-electron chi connectivity index (χ3n) is 3.46. The molecule has 1 aromatic heterocycles. The molecule has 20 heavy (non-hydrogen) atoms. The van der Waals surface area contributed by atoms with Crippen LogP contribution in [0.5, 0.6) is 5.75 Å². The molecule has 0 bridgehead atoms. The van der Waals surface area contributed by atoms with Gasteiger partial charge in [0.25, 0.3) is 0 Å². The number of fused-ring (bicyclic) bond motifs is 1. The fourth-order valence-electron chi connectivity index (χ4n) is 2.48. The molecule has 1 aromatic carbocycles. The summed E-state index contributed by atoms with van der Waals surface area (Å²) >= 11 is 0. The molecule has 3 nitrogen and oxygen atoms in total. The lowest BCUT2D eigenvalue weighted by Gasteiger charge is -2.11. The highest BCUT2D eigenvalue weighted by Crippen LogP contribution is 2.27. The van der Waals surface area contributed by atoms with Crippen molar-refractivity contribution in [2.75, 3.05) is 0 Å². The number of ketones is 1. The first-order valence-electron chi connectivity index (χ1n) is 7.35. The quantitative estimate of drug-likeness (QED) is 0.783. The Bertz CT molecular complexity index is 598. The summed E-state index contributed by atoms with van der Waals surface area (Å²) in [6, 6.07) is 5.86. The molecule has 0 aliphatic carbocycles. The summed E-state index contributed by atoms with van der Waals surface area (Å²) < 4.78 is 5.71. The van der Waals surface area contributed by atoms with E-state index in [1.54, 1.807) is 0 Å². The number of hydrogen-bond acceptors (Lipinski definition) is 2. The van der Waals surface area contributed by atoms with Crippen molar-refractivity contribution in [3.63, 3.8) is 0 Å². The van der Waals surface area contributed by atoms with E-state index in [-0.39, 0.29) is 17.8 Å². The number of nitrogens with one attached hydrogen (secondary N) is 1. The Morgan fingerprint density at radius 2 is 2.05 bits per heavy atom. The van der Waals surface area contributed by atoms with E-state index in [9.17, 15) is 4.79 Å². The highest BCUT2D eigenvalue weighted by Gasteiger charge is 2.18. The third-order valence-corrected chi connectivity index (χ3v) is 3.46. The number of ether oxygens (including phenoxy) is 1. The lowest BCUT2D eigenvalue weighted by molar-refractivity contribution is 0.0925. The van der Waals surface area contributed by atoms with Crippen molar-refractivity contribution in [1.29, 1.82) is 0 Å².